The average molecular weight is 485 g/mol. The maximum absolute atomic E-state index is 12.9. The van der Waals surface area contributed by atoms with Crippen LogP contribution >= 0.6 is 27.3 Å². The van der Waals surface area contributed by atoms with Gasteiger partial charge in [-0.1, -0.05) is 11.3 Å². The van der Waals surface area contributed by atoms with E-state index in [1.807, 2.05) is 0 Å². The predicted octanol–water partition coefficient (Wildman–Crippen LogP) is 4.82. The molecule has 0 spiro atoms. The topological polar surface area (TPSA) is 69.0 Å². The van der Waals surface area contributed by atoms with Gasteiger partial charge in [0.1, 0.15) is 12.3 Å². The van der Waals surface area contributed by atoms with Crippen molar-refractivity contribution in [1.82, 2.24) is 14.8 Å². The number of hydrogen-bond acceptors (Lipinski definition) is 5. The number of hydrogen-bond donors (Lipinski definition) is 1. The van der Waals surface area contributed by atoms with E-state index >= 15 is 0 Å². The molecule has 0 atom stereocenters. The van der Waals surface area contributed by atoms with Gasteiger partial charge in [-0.25, -0.2) is 4.98 Å². The van der Waals surface area contributed by atoms with E-state index in [1.54, 1.807) is 0 Å². The van der Waals surface area contributed by atoms with Crippen molar-refractivity contribution in [2.75, 3.05) is 5.32 Å². The van der Waals surface area contributed by atoms with Crippen molar-refractivity contribution in [3.8, 4) is 5.75 Å². The highest BCUT2D eigenvalue weighted by Gasteiger charge is 2.38. The molecule has 28 heavy (non-hydrogen) atoms. The number of thiazole rings is 1. The van der Waals surface area contributed by atoms with Gasteiger partial charge < -0.3 is 10.1 Å². The first-order valence-corrected chi connectivity index (χ1v) is 9.11. The smallest absolute Gasteiger partial charge is 0.435 e. The van der Waals surface area contributed by atoms with E-state index in [2.05, 4.69) is 36.1 Å². The average Bonchev–Trinajstić information content (AvgIpc) is 3.08. The highest BCUT2D eigenvalue weighted by molar-refractivity contribution is 9.10. The lowest BCUT2D eigenvalue weighted by Crippen LogP contribution is -2.20. The summed E-state index contributed by atoms with van der Waals surface area (Å²) in [6, 6.07) is 4.10. The van der Waals surface area contributed by atoms with E-state index in [9.17, 15) is 26.7 Å². The first-order valence-electron chi connectivity index (χ1n) is 7.50. The second kappa shape index (κ2) is 7.62. The van der Waals surface area contributed by atoms with Crippen LogP contribution < -0.4 is 10.1 Å². The van der Waals surface area contributed by atoms with Gasteiger partial charge in [-0.3, -0.25) is 9.48 Å². The van der Waals surface area contributed by atoms with Gasteiger partial charge in [0.05, 0.1) is 20.4 Å². The first-order chi connectivity index (χ1) is 13.0. The number of halogens is 6. The number of carbonyl (C=O) groups excluding carboxylic acids is 1. The summed E-state index contributed by atoms with van der Waals surface area (Å²) >= 11 is 3.84. The van der Waals surface area contributed by atoms with E-state index in [4.69, 9.17) is 0 Å². The molecule has 0 aliphatic heterocycles. The van der Waals surface area contributed by atoms with Gasteiger partial charge in [0.2, 0.25) is 5.91 Å². The minimum absolute atomic E-state index is 0.0549. The Labute approximate surface area is 166 Å². The number of aromatic nitrogens is 3. The minimum atomic E-state index is -4.66. The Balaban J connectivity index is 1.75. The molecule has 2 aromatic heterocycles. The number of carbonyl (C=O) groups is 1. The summed E-state index contributed by atoms with van der Waals surface area (Å²) in [5.41, 5.74) is -0.538. The summed E-state index contributed by atoms with van der Waals surface area (Å²) < 4.78 is 68.7. The monoisotopic (exact) mass is 484 g/mol. The highest BCUT2D eigenvalue weighted by atomic mass is 79.9. The van der Waals surface area contributed by atoms with Crippen LogP contribution in [0.1, 0.15) is 11.4 Å². The highest BCUT2D eigenvalue weighted by Crippen LogP contribution is 2.35. The summed E-state index contributed by atoms with van der Waals surface area (Å²) in [7, 11) is 0. The quantitative estimate of drug-likeness (QED) is 0.527. The van der Waals surface area contributed by atoms with Crippen molar-refractivity contribution < 1.29 is 31.5 Å². The standard InChI is InChI=1S/C15H10BrF5N4O2S/c1-6-11(16)12(15(19,20)21)24-25(6)5-10(26)23-14-22-8-3-2-7(27-13(17)18)4-9(8)28-14/h2-4,13H,5H2,1H3,(H,22,23,26). The SMILES string of the molecule is Cc1c(Br)c(C(F)(F)F)nn1CC(=O)Nc1nc2ccc(OC(F)F)cc2s1. The number of rotatable bonds is 5. The lowest BCUT2D eigenvalue weighted by Gasteiger charge is -2.04. The molecule has 150 valence electrons. The van der Waals surface area contributed by atoms with Crippen molar-refractivity contribution >= 4 is 48.5 Å². The third kappa shape index (κ3) is 4.41. The number of anilines is 1. The van der Waals surface area contributed by atoms with Gasteiger partial charge in [0, 0.05) is 0 Å². The molecule has 1 amide bonds. The molecule has 0 saturated carbocycles. The summed E-state index contributed by atoms with van der Waals surface area (Å²) in [5.74, 6) is -0.698. The fraction of sp³-hybridized carbons (Fsp3) is 0.267. The largest absolute Gasteiger partial charge is 0.436 e. The molecule has 1 aromatic carbocycles. The van der Waals surface area contributed by atoms with Crippen LogP contribution in [0.3, 0.4) is 0 Å². The number of benzene rings is 1. The van der Waals surface area contributed by atoms with Crippen LogP contribution in [0, 0.1) is 6.92 Å². The van der Waals surface area contributed by atoms with Gasteiger partial charge in [0.15, 0.2) is 10.8 Å². The molecule has 3 rings (SSSR count). The lowest BCUT2D eigenvalue weighted by molar-refractivity contribution is -0.142. The van der Waals surface area contributed by atoms with Crippen molar-refractivity contribution in [1.29, 1.82) is 0 Å². The number of alkyl halides is 5. The van der Waals surface area contributed by atoms with Crippen LogP contribution in [-0.4, -0.2) is 27.3 Å². The third-order valence-electron chi connectivity index (χ3n) is 3.53. The van der Waals surface area contributed by atoms with Crippen LogP contribution in [0.4, 0.5) is 27.1 Å². The molecule has 0 bridgehead atoms. The molecule has 0 aliphatic carbocycles. The maximum Gasteiger partial charge on any atom is 0.436 e. The fourth-order valence-electron chi connectivity index (χ4n) is 2.29. The Morgan fingerprint density at radius 1 is 1.39 bits per heavy atom. The number of nitrogens with zero attached hydrogens (tertiary/aromatic N) is 3. The van der Waals surface area contributed by atoms with Crippen LogP contribution in [0.2, 0.25) is 0 Å². The number of amides is 1. The van der Waals surface area contributed by atoms with Crippen LogP contribution in [0.15, 0.2) is 22.7 Å². The fourth-order valence-corrected chi connectivity index (χ4v) is 3.71. The molecular weight excluding hydrogens is 475 g/mol. The van der Waals surface area contributed by atoms with Crippen molar-refractivity contribution in [3.63, 3.8) is 0 Å². The summed E-state index contributed by atoms with van der Waals surface area (Å²) in [4.78, 5) is 16.3. The zero-order chi connectivity index (χ0) is 20.6. The van der Waals surface area contributed by atoms with E-state index in [0.717, 1.165) is 16.0 Å². The predicted molar refractivity (Wildman–Crippen MR) is 94.5 cm³/mol. The van der Waals surface area contributed by atoms with E-state index < -0.39 is 30.9 Å². The molecule has 3 aromatic rings. The molecule has 13 heteroatoms. The van der Waals surface area contributed by atoms with Crippen LogP contribution in [-0.2, 0) is 17.5 Å². The molecular formula is C15H10BrF5N4O2S. The van der Waals surface area contributed by atoms with Crippen LogP contribution in [0.25, 0.3) is 10.2 Å². The maximum atomic E-state index is 12.9. The molecule has 1 N–H and O–H groups in total. The van der Waals surface area contributed by atoms with Crippen LogP contribution in [0.5, 0.6) is 5.75 Å². The van der Waals surface area contributed by atoms with Crippen molar-refractivity contribution in [2.45, 2.75) is 26.3 Å². The summed E-state index contributed by atoms with van der Waals surface area (Å²) in [6.45, 7) is -2.04. The number of nitrogens with one attached hydrogen (secondary N) is 1. The van der Waals surface area contributed by atoms with Crippen molar-refractivity contribution in [2.24, 2.45) is 0 Å². The Morgan fingerprint density at radius 2 is 2.11 bits per heavy atom. The Bertz CT molecular complexity index is 1030. The van der Waals surface area contributed by atoms with Gasteiger partial charge in [0.25, 0.3) is 0 Å². The Kier molecular flexibility index (Phi) is 5.57. The lowest BCUT2D eigenvalue weighted by atomic mass is 10.3. The van der Waals surface area contributed by atoms with E-state index in [-0.39, 0.29) is 21.0 Å². The Hall–Kier alpha value is -2.28. The summed E-state index contributed by atoms with van der Waals surface area (Å²) in [6.07, 6.45) is -4.66. The van der Waals surface area contributed by atoms with E-state index in [0.29, 0.717) is 10.2 Å². The minimum Gasteiger partial charge on any atom is -0.435 e. The molecule has 2 heterocycles. The zero-order valence-electron chi connectivity index (χ0n) is 13.9. The number of fused-ring (bicyclic) bond motifs is 1. The molecule has 6 nitrogen and oxygen atoms in total. The second-order valence-electron chi connectivity index (χ2n) is 5.48. The molecule has 0 saturated heterocycles. The van der Waals surface area contributed by atoms with E-state index in [1.165, 1.54) is 25.1 Å². The second-order valence-corrected chi connectivity index (χ2v) is 7.30. The van der Waals surface area contributed by atoms with Gasteiger partial charge >= 0.3 is 12.8 Å². The van der Waals surface area contributed by atoms with Gasteiger partial charge in [-0.15, -0.1) is 0 Å². The van der Waals surface area contributed by atoms with Crippen molar-refractivity contribution in [3.05, 3.63) is 34.1 Å². The molecule has 0 fully saturated rings. The van der Waals surface area contributed by atoms with Gasteiger partial charge in [-0.05, 0) is 41.1 Å². The molecule has 0 aliphatic rings. The van der Waals surface area contributed by atoms with Gasteiger partial charge in [-0.2, -0.15) is 27.1 Å². The molecule has 0 unspecified atom stereocenters. The Morgan fingerprint density at radius 3 is 2.71 bits per heavy atom. The third-order valence-corrected chi connectivity index (χ3v) is 5.41. The number of ether oxygens (including phenoxy) is 1. The first kappa shape index (κ1) is 20.5. The molecule has 0 radical (unpaired) electrons. The normalized spacial score (nSPS) is 12.0. The summed E-state index contributed by atoms with van der Waals surface area (Å²) in [5, 5.41) is 6.04. The zero-order valence-corrected chi connectivity index (χ0v) is 16.3.